The van der Waals surface area contributed by atoms with Gasteiger partial charge in [0, 0.05) is 5.56 Å². The molecule has 3 heteroatoms. The molecule has 0 aliphatic rings. The number of hydrogen-bond acceptors (Lipinski definition) is 3. The van der Waals surface area contributed by atoms with Crippen molar-refractivity contribution in [2.75, 3.05) is 7.11 Å². The van der Waals surface area contributed by atoms with Gasteiger partial charge in [0.15, 0.2) is 0 Å². The Morgan fingerprint density at radius 1 is 0.633 bits per heavy atom. The standard InChI is InChI=1S/C27H44O3/c1-3-4-5-6-7-8-9-10-11-12-13-14-15-16-17-18-19-24-20-22-25(23-21-24)26(28)27(29)30-2/h20-23H,3-19H2,1-2H3. The van der Waals surface area contributed by atoms with Gasteiger partial charge in [-0.15, -0.1) is 0 Å². The molecule has 170 valence electrons. The minimum absolute atomic E-state index is 0.401. The fraction of sp³-hybridized carbons (Fsp3) is 0.704. The van der Waals surface area contributed by atoms with Gasteiger partial charge >= 0.3 is 5.97 Å². The molecule has 0 saturated carbocycles. The van der Waals surface area contributed by atoms with Gasteiger partial charge < -0.3 is 4.74 Å². The van der Waals surface area contributed by atoms with Crippen LogP contribution in [0.25, 0.3) is 0 Å². The molecule has 1 rings (SSSR count). The first-order chi connectivity index (χ1) is 14.7. The molecule has 0 bridgehead atoms. The van der Waals surface area contributed by atoms with Crippen molar-refractivity contribution >= 4 is 11.8 Å². The van der Waals surface area contributed by atoms with Crippen LogP contribution in [0.5, 0.6) is 0 Å². The molecule has 0 saturated heterocycles. The van der Waals surface area contributed by atoms with Crippen molar-refractivity contribution in [2.24, 2.45) is 0 Å². The van der Waals surface area contributed by atoms with Gasteiger partial charge in [-0.1, -0.05) is 128 Å². The van der Waals surface area contributed by atoms with E-state index in [1.807, 2.05) is 12.1 Å². The second-order valence-corrected chi connectivity index (χ2v) is 8.57. The van der Waals surface area contributed by atoms with E-state index in [1.54, 1.807) is 12.1 Å². The lowest BCUT2D eigenvalue weighted by atomic mass is 10.0. The van der Waals surface area contributed by atoms with E-state index >= 15 is 0 Å². The zero-order valence-electron chi connectivity index (χ0n) is 19.6. The number of aryl methyl sites for hydroxylation is 1. The molecule has 0 unspecified atom stereocenters. The van der Waals surface area contributed by atoms with Crippen molar-refractivity contribution in [1.82, 2.24) is 0 Å². The molecular weight excluding hydrogens is 372 g/mol. The molecule has 0 aliphatic heterocycles. The van der Waals surface area contributed by atoms with Crippen LogP contribution in [0.15, 0.2) is 24.3 Å². The largest absolute Gasteiger partial charge is 0.463 e. The van der Waals surface area contributed by atoms with E-state index in [2.05, 4.69) is 11.7 Å². The van der Waals surface area contributed by atoms with Gasteiger partial charge in [0.05, 0.1) is 7.11 Å². The smallest absolute Gasteiger partial charge is 0.379 e. The first-order valence-corrected chi connectivity index (χ1v) is 12.4. The van der Waals surface area contributed by atoms with Crippen LogP contribution in [0.4, 0.5) is 0 Å². The fourth-order valence-electron chi connectivity index (χ4n) is 3.91. The van der Waals surface area contributed by atoms with Gasteiger partial charge in [-0.3, -0.25) is 4.79 Å². The van der Waals surface area contributed by atoms with Gasteiger partial charge in [-0.25, -0.2) is 4.79 Å². The number of hydrogen-bond donors (Lipinski definition) is 0. The molecule has 1 aromatic rings. The number of rotatable bonds is 19. The van der Waals surface area contributed by atoms with Crippen LogP contribution >= 0.6 is 0 Å². The quantitative estimate of drug-likeness (QED) is 0.0998. The van der Waals surface area contributed by atoms with E-state index in [0.717, 1.165) is 6.42 Å². The maximum Gasteiger partial charge on any atom is 0.379 e. The highest BCUT2D eigenvalue weighted by molar-refractivity contribution is 6.40. The number of benzene rings is 1. The normalized spacial score (nSPS) is 10.9. The minimum atomic E-state index is -0.805. The predicted octanol–water partition coefficient (Wildman–Crippen LogP) is 7.85. The van der Waals surface area contributed by atoms with E-state index in [1.165, 1.54) is 115 Å². The van der Waals surface area contributed by atoms with Gasteiger partial charge in [0.2, 0.25) is 0 Å². The summed E-state index contributed by atoms with van der Waals surface area (Å²) in [5, 5.41) is 0. The summed E-state index contributed by atoms with van der Waals surface area (Å²) in [5.74, 6) is -1.38. The van der Waals surface area contributed by atoms with Crippen molar-refractivity contribution in [3.05, 3.63) is 35.4 Å². The van der Waals surface area contributed by atoms with E-state index in [0.29, 0.717) is 5.56 Å². The van der Waals surface area contributed by atoms with Crippen molar-refractivity contribution in [1.29, 1.82) is 0 Å². The predicted molar refractivity (Wildman–Crippen MR) is 126 cm³/mol. The monoisotopic (exact) mass is 416 g/mol. The third-order valence-electron chi connectivity index (χ3n) is 5.91. The number of esters is 1. The lowest BCUT2D eigenvalue weighted by molar-refractivity contribution is -0.135. The van der Waals surface area contributed by atoms with Gasteiger partial charge in [0.1, 0.15) is 0 Å². The Hall–Kier alpha value is -1.64. The average molecular weight is 417 g/mol. The van der Waals surface area contributed by atoms with Crippen LogP contribution in [-0.4, -0.2) is 18.9 Å². The average Bonchev–Trinajstić information content (AvgIpc) is 2.78. The molecule has 0 amide bonds. The Morgan fingerprint density at radius 3 is 1.43 bits per heavy atom. The number of Topliss-reactive ketones (excluding diaryl/α,β-unsaturated/α-hetero) is 1. The molecule has 0 fully saturated rings. The fourth-order valence-corrected chi connectivity index (χ4v) is 3.91. The van der Waals surface area contributed by atoms with Crippen molar-refractivity contribution < 1.29 is 14.3 Å². The number of carbonyl (C=O) groups excluding carboxylic acids is 2. The van der Waals surface area contributed by atoms with Gasteiger partial charge in [-0.2, -0.15) is 0 Å². The van der Waals surface area contributed by atoms with Gasteiger partial charge in [-0.05, 0) is 18.4 Å². The van der Waals surface area contributed by atoms with Crippen molar-refractivity contribution in [3.8, 4) is 0 Å². The summed E-state index contributed by atoms with van der Waals surface area (Å²) in [5.41, 5.74) is 1.62. The topological polar surface area (TPSA) is 43.4 Å². The van der Waals surface area contributed by atoms with Crippen LogP contribution in [0.2, 0.25) is 0 Å². The number of ether oxygens (including phenoxy) is 1. The Morgan fingerprint density at radius 2 is 1.03 bits per heavy atom. The molecule has 1 aromatic carbocycles. The van der Waals surface area contributed by atoms with Gasteiger partial charge in [0.25, 0.3) is 5.78 Å². The molecular formula is C27H44O3. The van der Waals surface area contributed by atoms with Crippen molar-refractivity contribution in [2.45, 2.75) is 116 Å². The minimum Gasteiger partial charge on any atom is -0.463 e. The lowest BCUT2D eigenvalue weighted by Gasteiger charge is -2.05. The Labute approximate surface area is 185 Å². The second-order valence-electron chi connectivity index (χ2n) is 8.57. The molecule has 0 N–H and O–H groups in total. The maximum absolute atomic E-state index is 11.7. The number of methoxy groups -OCH3 is 1. The Bertz CT molecular complexity index is 562. The summed E-state index contributed by atoms with van der Waals surface area (Å²) in [7, 11) is 1.23. The zero-order valence-corrected chi connectivity index (χ0v) is 19.6. The van der Waals surface area contributed by atoms with Crippen LogP contribution in [-0.2, 0) is 16.0 Å². The van der Waals surface area contributed by atoms with E-state index in [9.17, 15) is 9.59 Å². The first-order valence-electron chi connectivity index (χ1n) is 12.4. The van der Waals surface area contributed by atoms with Crippen LogP contribution in [0.3, 0.4) is 0 Å². The molecule has 3 nitrogen and oxygen atoms in total. The molecule has 0 radical (unpaired) electrons. The molecule has 0 aromatic heterocycles. The highest BCUT2D eigenvalue weighted by Gasteiger charge is 2.15. The Balaban J connectivity index is 1.91. The lowest BCUT2D eigenvalue weighted by Crippen LogP contribution is -2.15. The summed E-state index contributed by atoms with van der Waals surface area (Å²) >= 11 is 0. The summed E-state index contributed by atoms with van der Waals surface area (Å²) in [4.78, 5) is 23.0. The maximum atomic E-state index is 11.7. The van der Waals surface area contributed by atoms with E-state index < -0.39 is 11.8 Å². The summed E-state index contributed by atoms with van der Waals surface area (Å²) in [6.07, 6.45) is 23.1. The highest BCUT2D eigenvalue weighted by atomic mass is 16.5. The number of unbranched alkanes of at least 4 members (excludes halogenated alkanes) is 15. The first kappa shape index (κ1) is 26.4. The van der Waals surface area contributed by atoms with Crippen molar-refractivity contribution in [3.63, 3.8) is 0 Å². The Kier molecular flexibility index (Phi) is 16.0. The number of ketones is 1. The third-order valence-corrected chi connectivity index (χ3v) is 5.91. The number of carbonyl (C=O) groups is 2. The second kappa shape index (κ2) is 18.2. The molecule has 0 aliphatic carbocycles. The SMILES string of the molecule is CCCCCCCCCCCCCCCCCCc1ccc(C(=O)C(=O)OC)cc1. The van der Waals surface area contributed by atoms with Crippen LogP contribution in [0, 0.1) is 0 Å². The van der Waals surface area contributed by atoms with E-state index in [-0.39, 0.29) is 0 Å². The summed E-state index contributed by atoms with van der Waals surface area (Å²) in [6.45, 7) is 2.28. The molecule has 0 atom stereocenters. The molecule has 0 heterocycles. The van der Waals surface area contributed by atoms with Crippen LogP contribution < -0.4 is 0 Å². The summed E-state index contributed by atoms with van der Waals surface area (Å²) in [6, 6.07) is 7.34. The molecule has 0 spiro atoms. The highest BCUT2D eigenvalue weighted by Crippen LogP contribution is 2.15. The van der Waals surface area contributed by atoms with Crippen LogP contribution in [0.1, 0.15) is 126 Å². The molecule has 30 heavy (non-hydrogen) atoms. The zero-order chi connectivity index (χ0) is 21.9. The summed E-state index contributed by atoms with van der Waals surface area (Å²) < 4.78 is 4.47. The van der Waals surface area contributed by atoms with E-state index in [4.69, 9.17) is 0 Å². The third kappa shape index (κ3) is 12.8.